The second-order valence-electron chi connectivity index (χ2n) is 5.75. The molecule has 0 spiro atoms. The van der Waals surface area contributed by atoms with E-state index in [1.165, 1.54) is 0 Å². The van der Waals surface area contributed by atoms with Crippen LogP contribution in [0.1, 0.15) is 41.5 Å². The minimum Gasteiger partial charge on any atom is -0.462 e. The van der Waals surface area contributed by atoms with Crippen LogP contribution in [-0.4, -0.2) is 43.5 Å². The fraction of sp³-hybridized carbons (Fsp3) is 0.714. The van der Waals surface area contributed by atoms with Gasteiger partial charge in [-0.25, -0.2) is 14.0 Å². The summed E-state index contributed by atoms with van der Waals surface area (Å²) in [6.07, 6.45) is 0. The van der Waals surface area contributed by atoms with Gasteiger partial charge in [0.05, 0.1) is 24.4 Å². The first-order valence-electron chi connectivity index (χ1n) is 7.17. The fourth-order valence-electron chi connectivity index (χ4n) is 1.75. The molecule has 8 heteroatoms. The zero-order valence-corrected chi connectivity index (χ0v) is 13.8. The SMILES string of the molecule is CCOC(=O)C(C(=O)OCC)=C(F)B1OC(C)(C)C(C)(C)O1. The van der Waals surface area contributed by atoms with Gasteiger partial charge in [-0.15, -0.1) is 0 Å². The third-order valence-corrected chi connectivity index (χ3v) is 3.66. The third kappa shape index (κ3) is 3.67. The lowest BCUT2D eigenvalue weighted by atomic mass is 9.84. The van der Waals surface area contributed by atoms with Crippen molar-refractivity contribution in [1.82, 2.24) is 0 Å². The van der Waals surface area contributed by atoms with Gasteiger partial charge in [0.2, 0.25) is 0 Å². The first-order chi connectivity index (χ1) is 10.1. The van der Waals surface area contributed by atoms with E-state index in [0.29, 0.717) is 0 Å². The highest BCUT2D eigenvalue weighted by Crippen LogP contribution is 2.39. The smallest absolute Gasteiger partial charge is 0.462 e. The topological polar surface area (TPSA) is 71.1 Å². The van der Waals surface area contributed by atoms with Gasteiger partial charge in [-0.05, 0) is 41.5 Å². The molecule has 0 aromatic rings. The summed E-state index contributed by atoms with van der Waals surface area (Å²) in [7, 11) is -1.46. The van der Waals surface area contributed by atoms with Crippen LogP contribution in [0.15, 0.2) is 11.3 Å². The number of hydrogen-bond acceptors (Lipinski definition) is 6. The van der Waals surface area contributed by atoms with Gasteiger partial charge in [0.15, 0.2) is 11.3 Å². The molecular formula is C14H22BFO6. The maximum atomic E-state index is 14.6. The van der Waals surface area contributed by atoms with E-state index >= 15 is 0 Å². The molecule has 1 heterocycles. The molecular weight excluding hydrogens is 294 g/mol. The summed E-state index contributed by atoms with van der Waals surface area (Å²) in [5, 5.41) is 0. The summed E-state index contributed by atoms with van der Waals surface area (Å²) >= 11 is 0. The van der Waals surface area contributed by atoms with Gasteiger partial charge in [-0.3, -0.25) is 0 Å². The molecule has 0 aliphatic carbocycles. The molecule has 0 amide bonds. The summed E-state index contributed by atoms with van der Waals surface area (Å²) < 4.78 is 35.0. The van der Waals surface area contributed by atoms with E-state index < -0.39 is 41.6 Å². The first-order valence-corrected chi connectivity index (χ1v) is 7.17. The average Bonchev–Trinajstić information content (AvgIpc) is 2.59. The Bertz CT molecular complexity index is 450. The minimum atomic E-state index is -1.46. The maximum Gasteiger partial charge on any atom is 0.526 e. The van der Waals surface area contributed by atoms with Gasteiger partial charge in [-0.2, -0.15) is 0 Å². The molecule has 0 saturated carbocycles. The molecule has 1 rings (SSSR count). The molecule has 0 atom stereocenters. The van der Waals surface area contributed by atoms with E-state index in [-0.39, 0.29) is 13.2 Å². The lowest BCUT2D eigenvalue weighted by molar-refractivity contribution is -0.146. The largest absolute Gasteiger partial charge is 0.526 e. The molecule has 0 bridgehead atoms. The predicted molar refractivity (Wildman–Crippen MR) is 77.5 cm³/mol. The summed E-state index contributed by atoms with van der Waals surface area (Å²) in [6, 6.07) is 0. The molecule has 1 aliphatic heterocycles. The van der Waals surface area contributed by atoms with Crippen LogP contribution in [0.25, 0.3) is 0 Å². The van der Waals surface area contributed by atoms with E-state index in [2.05, 4.69) is 0 Å². The second-order valence-corrected chi connectivity index (χ2v) is 5.75. The molecule has 124 valence electrons. The summed E-state index contributed by atoms with van der Waals surface area (Å²) in [5.41, 5.74) is -3.58. The fourth-order valence-corrected chi connectivity index (χ4v) is 1.75. The third-order valence-electron chi connectivity index (χ3n) is 3.66. The van der Waals surface area contributed by atoms with Crippen LogP contribution in [0.4, 0.5) is 4.39 Å². The molecule has 0 aromatic carbocycles. The summed E-state index contributed by atoms with van der Waals surface area (Å²) in [6.45, 7) is 10.0. The van der Waals surface area contributed by atoms with Gasteiger partial charge in [0.25, 0.3) is 0 Å². The van der Waals surface area contributed by atoms with Crippen LogP contribution in [0.2, 0.25) is 0 Å². The minimum absolute atomic E-state index is 0.00160. The van der Waals surface area contributed by atoms with Gasteiger partial charge >= 0.3 is 19.1 Å². The van der Waals surface area contributed by atoms with Crippen molar-refractivity contribution < 1.29 is 32.8 Å². The first kappa shape index (κ1) is 18.6. The van der Waals surface area contributed by atoms with Crippen LogP contribution in [0.5, 0.6) is 0 Å². The molecule has 0 aromatic heterocycles. The Kier molecular flexibility index (Phi) is 5.75. The van der Waals surface area contributed by atoms with Gasteiger partial charge in [-0.1, -0.05) is 0 Å². The number of esters is 2. The number of carbonyl (C=O) groups excluding carboxylic acids is 2. The van der Waals surface area contributed by atoms with Crippen molar-refractivity contribution in [3.05, 3.63) is 11.3 Å². The van der Waals surface area contributed by atoms with Crippen LogP contribution in [0, 0.1) is 0 Å². The standard InChI is InChI=1S/C14H22BFO6/c1-7-19-11(17)9(12(18)20-8-2)10(16)15-21-13(3,4)14(5,6)22-15/h7-8H2,1-6H3. The zero-order chi connectivity index (χ0) is 17.1. The van der Waals surface area contributed by atoms with Crippen molar-refractivity contribution in [2.45, 2.75) is 52.7 Å². The Morgan fingerprint density at radius 3 is 1.64 bits per heavy atom. The van der Waals surface area contributed by atoms with Crippen LogP contribution >= 0.6 is 0 Å². The highest BCUT2D eigenvalue weighted by atomic mass is 19.1. The Morgan fingerprint density at radius 1 is 0.955 bits per heavy atom. The molecule has 1 saturated heterocycles. The normalized spacial score (nSPS) is 18.8. The highest BCUT2D eigenvalue weighted by Gasteiger charge is 2.54. The van der Waals surface area contributed by atoms with Crippen molar-refractivity contribution in [3.8, 4) is 0 Å². The Morgan fingerprint density at radius 2 is 1.32 bits per heavy atom. The van der Waals surface area contributed by atoms with E-state index in [9.17, 15) is 14.0 Å². The summed E-state index contributed by atoms with van der Waals surface area (Å²) in [4.78, 5) is 23.7. The molecule has 0 N–H and O–H groups in total. The van der Waals surface area contributed by atoms with E-state index in [4.69, 9.17) is 18.8 Å². The lowest BCUT2D eigenvalue weighted by Gasteiger charge is -2.32. The molecule has 0 unspecified atom stereocenters. The quantitative estimate of drug-likeness (QED) is 0.254. The van der Waals surface area contributed by atoms with Gasteiger partial charge < -0.3 is 18.8 Å². The van der Waals surface area contributed by atoms with Crippen LogP contribution < -0.4 is 0 Å². The van der Waals surface area contributed by atoms with Gasteiger partial charge in [0, 0.05) is 0 Å². The van der Waals surface area contributed by atoms with Crippen molar-refractivity contribution in [3.63, 3.8) is 0 Å². The van der Waals surface area contributed by atoms with Crippen molar-refractivity contribution in [2.75, 3.05) is 13.2 Å². The highest BCUT2D eigenvalue weighted by molar-refractivity contribution is 6.55. The van der Waals surface area contributed by atoms with Crippen molar-refractivity contribution >= 4 is 19.1 Å². The van der Waals surface area contributed by atoms with Crippen molar-refractivity contribution in [1.29, 1.82) is 0 Å². The molecule has 22 heavy (non-hydrogen) atoms. The van der Waals surface area contributed by atoms with Crippen molar-refractivity contribution in [2.24, 2.45) is 0 Å². The number of carbonyl (C=O) groups is 2. The van der Waals surface area contributed by atoms with Gasteiger partial charge in [0.1, 0.15) is 0 Å². The second kappa shape index (κ2) is 6.79. The molecule has 0 radical (unpaired) electrons. The maximum absolute atomic E-state index is 14.6. The molecule has 1 aliphatic rings. The Balaban J connectivity index is 3.18. The zero-order valence-electron chi connectivity index (χ0n) is 13.8. The molecule has 1 fully saturated rings. The van der Waals surface area contributed by atoms with E-state index in [0.717, 1.165) is 0 Å². The number of halogens is 1. The average molecular weight is 316 g/mol. The Labute approximate surface area is 130 Å². The number of rotatable bonds is 5. The van der Waals surface area contributed by atoms with Crippen LogP contribution in [-0.2, 0) is 28.4 Å². The predicted octanol–water partition coefficient (Wildman–Crippen LogP) is 1.97. The Hall–Kier alpha value is -1.41. The monoisotopic (exact) mass is 316 g/mol. The molecule has 6 nitrogen and oxygen atoms in total. The van der Waals surface area contributed by atoms with E-state index in [1.54, 1.807) is 41.5 Å². The number of ether oxygens (including phenoxy) is 2. The van der Waals surface area contributed by atoms with Crippen LogP contribution in [0.3, 0.4) is 0 Å². The summed E-state index contributed by atoms with van der Waals surface area (Å²) in [5.74, 6) is -2.21. The number of hydrogen-bond donors (Lipinski definition) is 0. The lowest BCUT2D eigenvalue weighted by Crippen LogP contribution is -2.41. The van der Waals surface area contributed by atoms with E-state index in [1.807, 2.05) is 0 Å².